The first-order valence-corrected chi connectivity index (χ1v) is 4.94. The highest BCUT2D eigenvalue weighted by atomic mass is 16.5. The maximum absolute atomic E-state index is 11.2. The maximum Gasteiger partial charge on any atom is 0.309 e. The first-order valence-electron chi connectivity index (χ1n) is 4.94. The first kappa shape index (κ1) is 12.1. The molecule has 0 radical (unpaired) electrons. The van der Waals surface area contributed by atoms with Crippen molar-refractivity contribution in [2.24, 2.45) is 0 Å². The second-order valence-corrected chi connectivity index (χ2v) is 3.32. The van der Waals surface area contributed by atoms with Crippen molar-refractivity contribution in [3.63, 3.8) is 0 Å². The Labute approximate surface area is 94.1 Å². The van der Waals surface area contributed by atoms with Crippen LogP contribution in [0.4, 0.5) is 0 Å². The van der Waals surface area contributed by atoms with Crippen molar-refractivity contribution in [2.75, 3.05) is 7.11 Å². The van der Waals surface area contributed by atoms with Crippen LogP contribution in [0.15, 0.2) is 12.1 Å². The number of nitrogens with zero attached hydrogens (tertiary/aromatic N) is 1. The summed E-state index contributed by atoms with van der Waals surface area (Å²) in [6, 6.07) is 5.02. The van der Waals surface area contributed by atoms with Gasteiger partial charge >= 0.3 is 5.97 Å². The molecule has 1 N–H and O–H groups in total. The average molecular weight is 219 g/mol. The van der Waals surface area contributed by atoms with E-state index in [9.17, 15) is 9.90 Å². The summed E-state index contributed by atoms with van der Waals surface area (Å²) in [5.74, 6) is -0.405. The Kier molecular flexibility index (Phi) is 3.90. The predicted octanol–water partition coefficient (Wildman–Crippen LogP) is 1.54. The summed E-state index contributed by atoms with van der Waals surface area (Å²) >= 11 is 0. The van der Waals surface area contributed by atoms with Gasteiger partial charge in [0.05, 0.1) is 19.1 Å². The van der Waals surface area contributed by atoms with Gasteiger partial charge in [-0.3, -0.25) is 4.79 Å². The van der Waals surface area contributed by atoms with Gasteiger partial charge in [0.1, 0.15) is 11.8 Å². The van der Waals surface area contributed by atoms with Gasteiger partial charge in [0, 0.05) is 0 Å². The number of aromatic hydroxyl groups is 1. The minimum absolute atomic E-state index is 0.0482. The Morgan fingerprint density at radius 3 is 2.75 bits per heavy atom. The number of nitriles is 1. The van der Waals surface area contributed by atoms with Crippen molar-refractivity contribution < 1.29 is 14.6 Å². The van der Waals surface area contributed by atoms with Crippen LogP contribution in [0.25, 0.3) is 0 Å². The van der Waals surface area contributed by atoms with Gasteiger partial charge in [0.2, 0.25) is 0 Å². The van der Waals surface area contributed by atoms with Crippen LogP contribution in [0, 0.1) is 11.3 Å². The van der Waals surface area contributed by atoms with E-state index in [-0.39, 0.29) is 23.7 Å². The van der Waals surface area contributed by atoms with Crippen LogP contribution in [0.5, 0.6) is 5.75 Å². The van der Waals surface area contributed by atoms with Crippen LogP contribution >= 0.6 is 0 Å². The molecule has 0 amide bonds. The molecule has 0 unspecified atom stereocenters. The first-order chi connectivity index (χ1) is 7.63. The van der Waals surface area contributed by atoms with Crippen molar-refractivity contribution in [3.8, 4) is 11.8 Å². The minimum Gasteiger partial charge on any atom is -0.507 e. The molecule has 1 aromatic rings. The Bertz CT molecular complexity index is 446. The standard InChI is InChI=1S/C12H13NO3/c1-3-9-8(6-12(15)16-2)4-5-11(14)10(9)7-13/h4-5,14H,3,6H2,1-2H3. The van der Waals surface area contributed by atoms with Gasteiger partial charge in [-0.15, -0.1) is 0 Å². The molecule has 84 valence electrons. The lowest BCUT2D eigenvalue weighted by Gasteiger charge is -2.09. The molecule has 0 aliphatic heterocycles. The molecule has 0 saturated carbocycles. The third-order valence-corrected chi connectivity index (χ3v) is 2.42. The van der Waals surface area contributed by atoms with Gasteiger partial charge in [-0.2, -0.15) is 5.26 Å². The second kappa shape index (κ2) is 5.17. The predicted molar refractivity (Wildman–Crippen MR) is 57.9 cm³/mol. The largest absolute Gasteiger partial charge is 0.507 e. The summed E-state index contributed by atoms with van der Waals surface area (Å²) in [5.41, 5.74) is 1.67. The van der Waals surface area contributed by atoms with Crippen molar-refractivity contribution >= 4 is 5.97 Å². The Morgan fingerprint density at radius 1 is 1.56 bits per heavy atom. The van der Waals surface area contributed by atoms with E-state index in [4.69, 9.17) is 5.26 Å². The third kappa shape index (κ3) is 2.31. The highest BCUT2D eigenvalue weighted by Gasteiger charge is 2.13. The number of carbonyl (C=O) groups is 1. The lowest BCUT2D eigenvalue weighted by Crippen LogP contribution is -2.07. The zero-order valence-corrected chi connectivity index (χ0v) is 9.28. The smallest absolute Gasteiger partial charge is 0.309 e. The van der Waals surface area contributed by atoms with Gasteiger partial charge in [-0.1, -0.05) is 13.0 Å². The summed E-state index contributed by atoms with van der Waals surface area (Å²) < 4.78 is 4.57. The maximum atomic E-state index is 11.2. The Balaban J connectivity index is 3.21. The molecule has 0 bridgehead atoms. The summed E-state index contributed by atoms with van der Waals surface area (Å²) in [4.78, 5) is 11.2. The lowest BCUT2D eigenvalue weighted by atomic mass is 9.96. The number of hydrogen-bond acceptors (Lipinski definition) is 4. The zero-order chi connectivity index (χ0) is 12.1. The Morgan fingerprint density at radius 2 is 2.25 bits per heavy atom. The molecule has 0 aliphatic rings. The number of carbonyl (C=O) groups excluding carboxylic acids is 1. The van der Waals surface area contributed by atoms with Crippen LogP contribution in [-0.4, -0.2) is 18.2 Å². The van der Waals surface area contributed by atoms with Gasteiger partial charge < -0.3 is 9.84 Å². The van der Waals surface area contributed by atoms with E-state index in [0.717, 1.165) is 5.56 Å². The number of benzene rings is 1. The van der Waals surface area contributed by atoms with Crippen LogP contribution in [0.3, 0.4) is 0 Å². The molecule has 1 aromatic carbocycles. The van der Waals surface area contributed by atoms with Crippen molar-refractivity contribution in [1.82, 2.24) is 0 Å². The molecule has 0 atom stereocenters. The quantitative estimate of drug-likeness (QED) is 0.783. The molecule has 0 fully saturated rings. The molecular formula is C12H13NO3. The third-order valence-electron chi connectivity index (χ3n) is 2.42. The van der Waals surface area contributed by atoms with Gasteiger partial charge in [-0.05, 0) is 23.6 Å². The molecule has 1 rings (SSSR count). The highest BCUT2D eigenvalue weighted by Crippen LogP contribution is 2.24. The Hall–Kier alpha value is -2.02. The summed E-state index contributed by atoms with van der Waals surface area (Å²) in [6.07, 6.45) is 0.707. The van der Waals surface area contributed by atoms with E-state index >= 15 is 0 Å². The molecule has 0 spiro atoms. The molecular weight excluding hydrogens is 206 g/mol. The monoisotopic (exact) mass is 219 g/mol. The van der Waals surface area contributed by atoms with E-state index < -0.39 is 0 Å². The molecule has 0 saturated heterocycles. The number of ether oxygens (including phenoxy) is 1. The van der Waals surface area contributed by atoms with Crippen molar-refractivity contribution in [1.29, 1.82) is 5.26 Å². The molecule has 0 aliphatic carbocycles. The summed E-state index contributed by atoms with van der Waals surface area (Å²) in [6.45, 7) is 1.87. The number of phenols is 1. The number of hydrogen-bond donors (Lipinski definition) is 1. The minimum atomic E-state index is -0.357. The number of rotatable bonds is 3. The normalized spacial score (nSPS) is 9.56. The van der Waals surface area contributed by atoms with Gasteiger partial charge in [0.25, 0.3) is 0 Å². The summed E-state index contributed by atoms with van der Waals surface area (Å²) in [7, 11) is 1.32. The molecule has 4 heteroatoms. The van der Waals surface area contributed by atoms with E-state index in [0.29, 0.717) is 12.0 Å². The van der Waals surface area contributed by atoms with E-state index in [1.807, 2.05) is 13.0 Å². The fraction of sp³-hybridized carbons (Fsp3) is 0.333. The van der Waals surface area contributed by atoms with E-state index in [1.165, 1.54) is 13.2 Å². The SMILES string of the molecule is CCc1c(CC(=O)OC)ccc(O)c1C#N. The van der Waals surface area contributed by atoms with Gasteiger partial charge in [-0.25, -0.2) is 0 Å². The second-order valence-electron chi connectivity index (χ2n) is 3.32. The van der Waals surface area contributed by atoms with E-state index in [1.54, 1.807) is 6.07 Å². The molecule has 0 aromatic heterocycles. The fourth-order valence-corrected chi connectivity index (χ4v) is 1.60. The topological polar surface area (TPSA) is 70.3 Å². The van der Waals surface area contributed by atoms with Crippen LogP contribution < -0.4 is 0 Å². The average Bonchev–Trinajstić information content (AvgIpc) is 2.30. The van der Waals surface area contributed by atoms with Crippen LogP contribution in [0.1, 0.15) is 23.6 Å². The zero-order valence-electron chi connectivity index (χ0n) is 9.28. The summed E-state index contributed by atoms with van der Waals surface area (Å²) in [5, 5.41) is 18.4. The van der Waals surface area contributed by atoms with E-state index in [2.05, 4.69) is 4.74 Å². The molecule has 16 heavy (non-hydrogen) atoms. The van der Waals surface area contributed by atoms with Crippen LogP contribution in [0.2, 0.25) is 0 Å². The fourth-order valence-electron chi connectivity index (χ4n) is 1.60. The number of methoxy groups -OCH3 is 1. The highest BCUT2D eigenvalue weighted by molar-refractivity contribution is 5.73. The number of esters is 1. The number of phenolic OH excluding ortho intramolecular Hbond substituents is 1. The van der Waals surface area contributed by atoms with Crippen molar-refractivity contribution in [2.45, 2.75) is 19.8 Å². The molecule has 4 nitrogen and oxygen atoms in total. The van der Waals surface area contributed by atoms with Crippen molar-refractivity contribution in [3.05, 3.63) is 28.8 Å². The lowest BCUT2D eigenvalue weighted by molar-refractivity contribution is -0.139. The van der Waals surface area contributed by atoms with Gasteiger partial charge in [0.15, 0.2) is 0 Å². The van der Waals surface area contributed by atoms with Crippen LogP contribution in [-0.2, 0) is 22.4 Å². The molecule has 0 heterocycles.